The maximum absolute atomic E-state index is 12.3. The summed E-state index contributed by atoms with van der Waals surface area (Å²) in [7, 11) is 0. The second-order valence-electron chi connectivity index (χ2n) is 7.46. The average Bonchev–Trinajstić information content (AvgIpc) is 2.60. The summed E-state index contributed by atoms with van der Waals surface area (Å²) >= 11 is 0. The van der Waals surface area contributed by atoms with Crippen LogP contribution in [0.25, 0.3) is 0 Å². The van der Waals surface area contributed by atoms with E-state index in [0.29, 0.717) is 18.8 Å². The van der Waals surface area contributed by atoms with E-state index in [0.717, 1.165) is 32.3 Å². The quantitative estimate of drug-likeness (QED) is 0.672. The van der Waals surface area contributed by atoms with Crippen molar-refractivity contribution >= 4 is 11.9 Å². The Bertz CT molecular complexity index is 387. The van der Waals surface area contributed by atoms with Gasteiger partial charge in [-0.2, -0.15) is 0 Å². The zero-order valence-electron chi connectivity index (χ0n) is 14.8. The SMILES string of the molecule is O=C(O)CCC(CC1CCCCC1)NC(=O)CCC1CCCCO1. The van der Waals surface area contributed by atoms with Gasteiger partial charge in [-0.3, -0.25) is 9.59 Å². The van der Waals surface area contributed by atoms with Gasteiger partial charge in [-0.25, -0.2) is 0 Å². The number of carboxylic acid groups (broad SMARTS) is 1. The molecule has 0 bridgehead atoms. The highest BCUT2D eigenvalue weighted by Gasteiger charge is 2.22. The van der Waals surface area contributed by atoms with Crippen LogP contribution in [0.2, 0.25) is 0 Å². The van der Waals surface area contributed by atoms with Crippen LogP contribution in [0.1, 0.15) is 83.5 Å². The molecule has 5 nitrogen and oxygen atoms in total. The van der Waals surface area contributed by atoms with E-state index in [1.54, 1.807) is 0 Å². The first-order valence-corrected chi connectivity index (χ1v) is 9.76. The van der Waals surface area contributed by atoms with Crippen molar-refractivity contribution < 1.29 is 19.4 Å². The number of hydrogen-bond acceptors (Lipinski definition) is 3. The van der Waals surface area contributed by atoms with Gasteiger partial charge in [0.2, 0.25) is 5.91 Å². The van der Waals surface area contributed by atoms with Gasteiger partial charge in [0.1, 0.15) is 0 Å². The summed E-state index contributed by atoms with van der Waals surface area (Å²) in [5.41, 5.74) is 0. The molecule has 0 aromatic heterocycles. The van der Waals surface area contributed by atoms with Gasteiger partial charge in [-0.05, 0) is 44.4 Å². The van der Waals surface area contributed by atoms with Crippen LogP contribution in [-0.2, 0) is 14.3 Å². The first-order valence-electron chi connectivity index (χ1n) is 9.76. The van der Waals surface area contributed by atoms with E-state index in [4.69, 9.17) is 9.84 Å². The van der Waals surface area contributed by atoms with Crippen LogP contribution in [-0.4, -0.2) is 35.7 Å². The summed E-state index contributed by atoms with van der Waals surface area (Å²) in [6.45, 7) is 0.815. The fraction of sp³-hybridized carbons (Fsp3) is 0.895. The minimum atomic E-state index is -0.784. The molecule has 1 aliphatic heterocycles. The number of hydrogen-bond donors (Lipinski definition) is 2. The molecule has 138 valence electrons. The topological polar surface area (TPSA) is 75.6 Å². The fourth-order valence-corrected chi connectivity index (χ4v) is 4.00. The maximum Gasteiger partial charge on any atom is 0.303 e. The second-order valence-corrected chi connectivity index (χ2v) is 7.46. The van der Waals surface area contributed by atoms with Crippen LogP contribution in [0.5, 0.6) is 0 Å². The molecule has 2 N–H and O–H groups in total. The minimum absolute atomic E-state index is 0.00368. The summed E-state index contributed by atoms with van der Waals surface area (Å²) in [6.07, 6.45) is 12.7. The molecule has 0 aromatic rings. The minimum Gasteiger partial charge on any atom is -0.481 e. The molecule has 1 aliphatic carbocycles. The Balaban J connectivity index is 1.74. The second kappa shape index (κ2) is 10.7. The molecule has 0 spiro atoms. The lowest BCUT2D eigenvalue weighted by Crippen LogP contribution is -2.37. The zero-order valence-corrected chi connectivity index (χ0v) is 14.8. The van der Waals surface area contributed by atoms with E-state index in [1.807, 2.05) is 0 Å². The van der Waals surface area contributed by atoms with Gasteiger partial charge < -0.3 is 15.2 Å². The van der Waals surface area contributed by atoms with Crippen molar-refractivity contribution in [2.45, 2.75) is 95.6 Å². The van der Waals surface area contributed by atoms with Crippen LogP contribution in [0, 0.1) is 5.92 Å². The van der Waals surface area contributed by atoms with E-state index >= 15 is 0 Å². The van der Waals surface area contributed by atoms with Gasteiger partial charge >= 0.3 is 5.97 Å². The molecule has 0 aromatic carbocycles. The summed E-state index contributed by atoms with van der Waals surface area (Å²) in [6, 6.07) is 0.00368. The number of nitrogens with one attached hydrogen (secondary N) is 1. The molecule has 2 fully saturated rings. The number of carbonyl (C=O) groups excluding carboxylic acids is 1. The van der Waals surface area contributed by atoms with Gasteiger partial charge in [0.25, 0.3) is 0 Å². The number of aliphatic carboxylic acids is 1. The molecule has 2 atom stereocenters. The summed E-state index contributed by atoms with van der Waals surface area (Å²) in [4.78, 5) is 23.2. The Hall–Kier alpha value is -1.10. The Morgan fingerprint density at radius 1 is 1.04 bits per heavy atom. The highest BCUT2D eigenvalue weighted by molar-refractivity contribution is 5.76. The maximum atomic E-state index is 12.3. The summed E-state index contributed by atoms with van der Waals surface area (Å²) in [5, 5.41) is 12.0. The molecule has 2 aliphatic rings. The molecule has 1 heterocycles. The lowest BCUT2D eigenvalue weighted by Gasteiger charge is -2.27. The molecule has 2 unspecified atom stereocenters. The van der Waals surface area contributed by atoms with Gasteiger partial charge in [0.05, 0.1) is 6.10 Å². The normalized spacial score (nSPS) is 23.6. The molecule has 2 rings (SSSR count). The number of carboxylic acids is 1. The van der Waals surface area contributed by atoms with Crippen molar-refractivity contribution in [3.05, 3.63) is 0 Å². The first kappa shape index (κ1) is 19.2. The Kier molecular flexibility index (Phi) is 8.57. The van der Waals surface area contributed by atoms with Gasteiger partial charge in [-0.15, -0.1) is 0 Å². The van der Waals surface area contributed by atoms with Crippen molar-refractivity contribution in [2.24, 2.45) is 5.92 Å². The van der Waals surface area contributed by atoms with E-state index in [-0.39, 0.29) is 24.5 Å². The largest absolute Gasteiger partial charge is 0.481 e. The number of ether oxygens (including phenoxy) is 1. The third-order valence-electron chi connectivity index (χ3n) is 5.38. The number of carbonyl (C=O) groups is 2. The highest BCUT2D eigenvalue weighted by Crippen LogP contribution is 2.28. The smallest absolute Gasteiger partial charge is 0.303 e. The Morgan fingerprint density at radius 2 is 1.79 bits per heavy atom. The van der Waals surface area contributed by atoms with E-state index < -0.39 is 5.97 Å². The third kappa shape index (κ3) is 7.65. The lowest BCUT2D eigenvalue weighted by atomic mass is 9.84. The highest BCUT2D eigenvalue weighted by atomic mass is 16.5. The van der Waals surface area contributed by atoms with E-state index in [9.17, 15) is 9.59 Å². The van der Waals surface area contributed by atoms with Crippen molar-refractivity contribution in [3.8, 4) is 0 Å². The number of rotatable bonds is 9. The van der Waals surface area contributed by atoms with Crippen molar-refractivity contribution in [1.29, 1.82) is 0 Å². The van der Waals surface area contributed by atoms with Gasteiger partial charge in [0.15, 0.2) is 0 Å². The fourth-order valence-electron chi connectivity index (χ4n) is 4.00. The molecule has 1 amide bonds. The third-order valence-corrected chi connectivity index (χ3v) is 5.38. The molecule has 0 radical (unpaired) electrons. The zero-order chi connectivity index (χ0) is 17.2. The molecule has 24 heavy (non-hydrogen) atoms. The van der Waals surface area contributed by atoms with Crippen LogP contribution < -0.4 is 5.32 Å². The van der Waals surface area contributed by atoms with Crippen LogP contribution in [0.15, 0.2) is 0 Å². The van der Waals surface area contributed by atoms with Gasteiger partial charge in [-0.1, -0.05) is 32.1 Å². The summed E-state index contributed by atoms with van der Waals surface area (Å²) < 4.78 is 5.68. The van der Waals surface area contributed by atoms with Crippen LogP contribution in [0.4, 0.5) is 0 Å². The average molecular weight is 339 g/mol. The van der Waals surface area contributed by atoms with Crippen molar-refractivity contribution in [1.82, 2.24) is 5.32 Å². The van der Waals surface area contributed by atoms with Crippen LogP contribution >= 0.6 is 0 Å². The molecule has 1 saturated carbocycles. The molecular formula is C19H33NO4. The van der Waals surface area contributed by atoms with E-state index in [2.05, 4.69) is 5.32 Å². The predicted octanol–water partition coefficient (Wildman–Crippen LogP) is 3.66. The van der Waals surface area contributed by atoms with Crippen molar-refractivity contribution in [3.63, 3.8) is 0 Å². The first-order chi connectivity index (χ1) is 11.6. The number of amides is 1. The molecular weight excluding hydrogens is 306 g/mol. The van der Waals surface area contributed by atoms with Crippen LogP contribution in [0.3, 0.4) is 0 Å². The monoisotopic (exact) mass is 339 g/mol. The Morgan fingerprint density at radius 3 is 2.46 bits per heavy atom. The predicted molar refractivity (Wildman–Crippen MR) is 92.8 cm³/mol. The standard InChI is InChI=1S/C19H33NO4/c21-18(11-10-17-8-4-5-13-24-17)20-16(9-12-19(22)23)14-15-6-2-1-3-7-15/h15-17H,1-14H2,(H,20,21)(H,22,23). The molecule has 1 saturated heterocycles. The van der Waals surface area contributed by atoms with E-state index in [1.165, 1.54) is 38.5 Å². The van der Waals surface area contributed by atoms with Gasteiger partial charge in [0, 0.05) is 25.5 Å². The lowest BCUT2D eigenvalue weighted by molar-refractivity contribution is -0.137. The van der Waals surface area contributed by atoms with Crippen molar-refractivity contribution in [2.75, 3.05) is 6.61 Å². The Labute approximate surface area is 145 Å². The summed E-state index contributed by atoms with van der Waals surface area (Å²) in [5.74, 6) is -0.0941. The molecule has 5 heteroatoms.